The molecule has 0 atom stereocenters. The summed E-state index contributed by atoms with van der Waals surface area (Å²) in [6.07, 6.45) is 5.41. The number of hydrogen-bond donors (Lipinski definition) is 2. The predicted molar refractivity (Wildman–Crippen MR) is 139 cm³/mol. The molecular formula is C28H28N6O3. The van der Waals surface area contributed by atoms with E-state index in [0.717, 1.165) is 29.7 Å². The summed E-state index contributed by atoms with van der Waals surface area (Å²) in [6, 6.07) is 20.2. The number of rotatable bonds is 6. The van der Waals surface area contributed by atoms with Crippen LogP contribution in [0.25, 0.3) is 5.65 Å². The first-order chi connectivity index (χ1) is 17.8. The molecule has 1 aliphatic rings. The second-order valence-electron chi connectivity index (χ2n) is 9.19. The van der Waals surface area contributed by atoms with Gasteiger partial charge in [0.2, 0.25) is 11.8 Å². The summed E-state index contributed by atoms with van der Waals surface area (Å²) in [5.74, 6) is 1.22. The fourth-order valence-electron chi connectivity index (χ4n) is 3.46. The molecule has 9 heteroatoms. The van der Waals surface area contributed by atoms with Gasteiger partial charge in [-0.1, -0.05) is 18.2 Å². The maximum atomic E-state index is 11.8. The Labute approximate surface area is 215 Å². The fraction of sp³-hybridized carbons (Fsp3) is 0.250. The van der Waals surface area contributed by atoms with Crippen LogP contribution in [-0.2, 0) is 10.2 Å². The lowest BCUT2D eigenvalue weighted by Gasteiger charge is -2.16. The van der Waals surface area contributed by atoms with Crippen molar-refractivity contribution in [3.63, 3.8) is 0 Å². The van der Waals surface area contributed by atoms with Crippen molar-refractivity contribution in [3.05, 3.63) is 84.2 Å². The molecule has 1 saturated carbocycles. The zero-order valence-electron chi connectivity index (χ0n) is 20.9. The van der Waals surface area contributed by atoms with Gasteiger partial charge in [-0.15, -0.1) is 5.10 Å². The largest absolute Gasteiger partial charge is 0.438 e. The maximum Gasteiger partial charge on any atom is 0.251 e. The number of benzene rings is 2. The van der Waals surface area contributed by atoms with Gasteiger partial charge in [-0.3, -0.25) is 9.59 Å². The molecule has 0 unspecified atom stereocenters. The third-order valence-electron chi connectivity index (χ3n) is 5.86. The van der Waals surface area contributed by atoms with Gasteiger partial charge in [0, 0.05) is 48.7 Å². The fourth-order valence-corrected chi connectivity index (χ4v) is 3.46. The van der Waals surface area contributed by atoms with E-state index in [1.807, 2.05) is 44.2 Å². The summed E-state index contributed by atoms with van der Waals surface area (Å²) in [5.41, 5.74) is 2.37. The Hall–Kier alpha value is -4.71. The Kier molecular flexibility index (Phi) is 7.49. The molecule has 0 spiro atoms. The minimum Gasteiger partial charge on any atom is -0.438 e. The van der Waals surface area contributed by atoms with Crippen LogP contribution >= 0.6 is 0 Å². The Morgan fingerprint density at radius 3 is 2.62 bits per heavy atom. The first-order valence-corrected chi connectivity index (χ1v) is 11.9. The molecule has 37 heavy (non-hydrogen) atoms. The molecule has 1 aliphatic carbocycles. The van der Waals surface area contributed by atoms with Crippen LogP contribution < -0.4 is 15.4 Å². The summed E-state index contributed by atoms with van der Waals surface area (Å²) in [5, 5.41) is 18.7. The van der Waals surface area contributed by atoms with Crippen LogP contribution in [0, 0.1) is 17.2 Å². The van der Waals surface area contributed by atoms with E-state index in [-0.39, 0.29) is 17.7 Å². The number of imidazole rings is 1. The number of carbonyl (C=O) groups is 2. The van der Waals surface area contributed by atoms with Crippen molar-refractivity contribution in [2.45, 2.75) is 32.1 Å². The highest BCUT2D eigenvalue weighted by atomic mass is 16.5. The van der Waals surface area contributed by atoms with Gasteiger partial charge in [-0.2, -0.15) is 5.26 Å². The van der Waals surface area contributed by atoms with Gasteiger partial charge in [0.25, 0.3) is 5.91 Å². The van der Waals surface area contributed by atoms with Crippen LogP contribution in [-0.4, -0.2) is 33.5 Å². The molecule has 9 nitrogen and oxygen atoms in total. The standard InChI is InChI=1S/C16H14N4O2.C12H14N2O/c21-16(11-4-5-11)18-12-2-1-3-13(10-12)22-15-7-6-14-17-8-9-20(14)19-15;1-12(2,8-13)10-6-4-5-9(7-10)11(15)14-3/h1-3,6-11H,4-5H2,(H,18,21);4-7H,1-3H3,(H,14,15). The highest BCUT2D eigenvalue weighted by molar-refractivity contribution is 5.94. The minimum atomic E-state index is -0.565. The summed E-state index contributed by atoms with van der Waals surface area (Å²) < 4.78 is 7.39. The number of hydrogen-bond acceptors (Lipinski definition) is 6. The third-order valence-corrected chi connectivity index (χ3v) is 5.86. The number of carbonyl (C=O) groups excluding carboxylic acids is 2. The smallest absolute Gasteiger partial charge is 0.251 e. The Bertz CT molecular complexity index is 1470. The normalized spacial score (nSPS) is 12.6. The maximum absolute atomic E-state index is 11.8. The van der Waals surface area contributed by atoms with Crippen LogP contribution in [0.1, 0.15) is 42.6 Å². The van der Waals surface area contributed by atoms with Crippen molar-refractivity contribution < 1.29 is 14.3 Å². The van der Waals surface area contributed by atoms with Gasteiger partial charge >= 0.3 is 0 Å². The summed E-state index contributed by atoms with van der Waals surface area (Å²) in [4.78, 5) is 27.3. The van der Waals surface area contributed by atoms with E-state index in [4.69, 9.17) is 10.00 Å². The van der Waals surface area contributed by atoms with Gasteiger partial charge in [0.05, 0.1) is 11.5 Å². The molecule has 188 valence electrons. The van der Waals surface area contributed by atoms with Crippen molar-refractivity contribution in [3.8, 4) is 17.7 Å². The van der Waals surface area contributed by atoms with Crippen molar-refractivity contribution >= 4 is 23.1 Å². The molecule has 2 aromatic heterocycles. The molecule has 2 amide bonds. The van der Waals surface area contributed by atoms with E-state index < -0.39 is 5.41 Å². The van der Waals surface area contributed by atoms with Crippen molar-refractivity contribution in [2.75, 3.05) is 12.4 Å². The lowest BCUT2D eigenvalue weighted by atomic mass is 9.85. The molecule has 1 fully saturated rings. The van der Waals surface area contributed by atoms with E-state index in [9.17, 15) is 9.59 Å². The molecule has 4 aromatic rings. The highest BCUT2D eigenvalue weighted by Crippen LogP contribution is 2.31. The number of ether oxygens (including phenoxy) is 1. The molecule has 2 N–H and O–H groups in total. The SMILES string of the molecule is CNC(=O)c1cccc(C(C)(C)C#N)c1.O=C(Nc1cccc(Oc2ccc3nccn3n2)c1)C1CC1. The second-order valence-corrected chi connectivity index (χ2v) is 9.19. The number of amides is 2. The Balaban J connectivity index is 0.000000188. The molecule has 0 radical (unpaired) electrons. The first kappa shape index (κ1) is 25.4. The first-order valence-electron chi connectivity index (χ1n) is 11.9. The minimum absolute atomic E-state index is 0.0788. The van der Waals surface area contributed by atoms with Gasteiger partial charge < -0.3 is 15.4 Å². The zero-order valence-corrected chi connectivity index (χ0v) is 20.9. The molecule has 0 aliphatic heterocycles. The molecule has 2 aromatic carbocycles. The second kappa shape index (κ2) is 10.9. The molecule has 5 rings (SSSR count). The van der Waals surface area contributed by atoms with E-state index in [1.54, 1.807) is 54.3 Å². The zero-order chi connectivity index (χ0) is 26.4. The van der Waals surface area contributed by atoms with Gasteiger partial charge in [-0.25, -0.2) is 9.50 Å². The molecular weight excluding hydrogens is 468 g/mol. The molecule has 2 heterocycles. The summed E-state index contributed by atoms with van der Waals surface area (Å²) in [6.45, 7) is 3.66. The Morgan fingerprint density at radius 2 is 1.89 bits per heavy atom. The average Bonchev–Trinajstić information content (AvgIpc) is 3.67. The van der Waals surface area contributed by atoms with Crippen LogP contribution in [0.5, 0.6) is 11.6 Å². The monoisotopic (exact) mass is 496 g/mol. The number of nitriles is 1. The van der Waals surface area contributed by atoms with E-state index in [1.165, 1.54) is 0 Å². The van der Waals surface area contributed by atoms with Gasteiger partial charge in [-0.05, 0) is 62.6 Å². The molecule has 0 saturated heterocycles. The van der Waals surface area contributed by atoms with Crippen LogP contribution in [0.3, 0.4) is 0 Å². The van der Waals surface area contributed by atoms with Crippen molar-refractivity contribution in [1.82, 2.24) is 19.9 Å². The highest BCUT2D eigenvalue weighted by Gasteiger charge is 2.29. The summed E-state index contributed by atoms with van der Waals surface area (Å²) in [7, 11) is 1.59. The van der Waals surface area contributed by atoms with Crippen molar-refractivity contribution in [1.29, 1.82) is 5.26 Å². The van der Waals surface area contributed by atoms with E-state index in [2.05, 4.69) is 26.8 Å². The third kappa shape index (κ3) is 6.49. The number of nitrogens with one attached hydrogen (secondary N) is 2. The summed E-state index contributed by atoms with van der Waals surface area (Å²) >= 11 is 0. The Morgan fingerprint density at radius 1 is 1.11 bits per heavy atom. The number of anilines is 1. The van der Waals surface area contributed by atoms with Gasteiger partial charge in [0.1, 0.15) is 5.75 Å². The lowest BCUT2D eigenvalue weighted by molar-refractivity contribution is -0.117. The van der Waals surface area contributed by atoms with E-state index >= 15 is 0 Å². The lowest BCUT2D eigenvalue weighted by Crippen LogP contribution is -2.20. The van der Waals surface area contributed by atoms with E-state index in [0.29, 0.717) is 17.2 Å². The number of fused-ring (bicyclic) bond motifs is 1. The molecule has 0 bridgehead atoms. The van der Waals surface area contributed by atoms with Crippen LogP contribution in [0.15, 0.2) is 73.1 Å². The number of aromatic nitrogens is 3. The average molecular weight is 497 g/mol. The predicted octanol–water partition coefficient (Wildman–Crippen LogP) is 4.72. The number of nitrogens with zero attached hydrogens (tertiary/aromatic N) is 4. The topological polar surface area (TPSA) is 121 Å². The quantitative estimate of drug-likeness (QED) is 0.398. The van der Waals surface area contributed by atoms with Gasteiger partial charge in [0.15, 0.2) is 5.65 Å². The van der Waals surface area contributed by atoms with Crippen LogP contribution in [0.2, 0.25) is 0 Å². The van der Waals surface area contributed by atoms with Crippen molar-refractivity contribution in [2.24, 2.45) is 5.92 Å². The van der Waals surface area contributed by atoms with Crippen LogP contribution in [0.4, 0.5) is 5.69 Å².